The second-order valence-electron chi connectivity index (χ2n) is 3.31. The Morgan fingerprint density at radius 1 is 1.22 bits per heavy atom. The van der Waals surface area contributed by atoms with Crippen molar-refractivity contribution < 1.29 is 39.9 Å². The first-order valence-electron chi connectivity index (χ1n) is 4.78. The quantitative estimate of drug-likeness (QED) is 0.208. The molecule has 7 N–H and O–H groups in total. The van der Waals surface area contributed by atoms with Crippen LogP contribution in [0.1, 0.15) is 6.92 Å². The molecule has 0 aromatic carbocycles. The van der Waals surface area contributed by atoms with Crippen molar-refractivity contribution in [1.82, 2.24) is 0 Å². The number of nitrogens with two attached hydrogens (primary N) is 1. The van der Waals surface area contributed by atoms with Gasteiger partial charge in [-0.25, -0.2) is 4.79 Å². The normalized spacial score (nSPS) is 16.6. The average Bonchev–Trinajstić information content (AvgIpc) is 2.35. The topological polar surface area (TPSA) is 178 Å². The van der Waals surface area contributed by atoms with E-state index in [4.69, 9.17) is 31.3 Å². The standard InChI is InChI=1S/C6H13NO5.C3H4O3/c7-3(1-8)5(11)6(12)4(10)2-9;1-2(4)3(5)6/h1,3-6,9-12H,2,7H2;1H3,(H,5,6)/t3-,4+,5+,6+;/m0./s1. The van der Waals surface area contributed by atoms with Gasteiger partial charge in [-0.15, -0.1) is 0 Å². The number of aldehydes is 1. The molecular formula is C9H17NO8. The van der Waals surface area contributed by atoms with Gasteiger partial charge >= 0.3 is 5.97 Å². The van der Waals surface area contributed by atoms with Gasteiger partial charge in [-0.1, -0.05) is 0 Å². The zero-order valence-corrected chi connectivity index (χ0v) is 9.63. The van der Waals surface area contributed by atoms with Crippen LogP contribution in [-0.4, -0.2) is 74.5 Å². The van der Waals surface area contributed by atoms with Crippen LogP contribution in [0.15, 0.2) is 0 Å². The number of carboxylic acids is 1. The maximum Gasteiger partial charge on any atom is 0.371 e. The van der Waals surface area contributed by atoms with Gasteiger partial charge in [0.05, 0.1) is 12.6 Å². The Labute approximate surface area is 102 Å². The SMILES string of the molecule is CC(=O)C(=O)O.N[C@@H](C=O)[C@@H](O)[C@H](O)[C@H](O)CO. The van der Waals surface area contributed by atoms with Gasteiger partial charge in [0.1, 0.15) is 24.6 Å². The van der Waals surface area contributed by atoms with Gasteiger partial charge in [0, 0.05) is 6.92 Å². The summed E-state index contributed by atoms with van der Waals surface area (Å²) >= 11 is 0. The molecule has 0 bridgehead atoms. The molecule has 0 aliphatic carbocycles. The maximum atomic E-state index is 10.0. The Hall–Kier alpha value is -1.39. The molecule has 0 amide bonds. The molecule has 9 heteroatoms. The number of carbonyl (C=O) groups excluding carboxylic acids is 2. The van der Waals surface area contributed by atoms with E-state index in [1.807, 2.05) is 0 Å². The van der Waals surface area contributed by atoms with Crippen LogP contribution in [0.3, 0.4) is 0 Å². The predicted octanol–water partition coefficient (Wildman–Crippen LogP) is -3.75. The molecular weight excluding hydrogens is 250 g/mol. The van der Waals surface area contributed by atoms with Crippen molar-refractivity contribution in [3.8, 4) is 0 Å². The summed E-state index contributed by atoms with van der Waals surface area (Å²) in [6, 6.07) is -1.26. The van der Waals surface area contributed by atoms with Crippen molar-refractivity contribution in [3.63, 3.8) is 0 Å². The number of aliphatic hydroxyl groups excluding tert-OH is 4. The first-order valence-corrected chi connectivity index (χ1v) is 4.78. The van der Waals surface area contributed by atoms with Crippen LogP contribution >= 0.6 is 0 Å². The zero-order valence-electron chi connectivity index (χ0n) is 9.63. The molecule has 0 fully saturated rings. The van der Waals surface area contributed by atoms with Crippen molar-refractivity contribution in [2.45, 2.75) is 31.3 Å². The summed E-state index contributed by atoms with van der Waals surface area (Å²) in [5, 5.41) is 42.8. The van der Waals surface area contributed by atoms with Crippen molar-refractivity contribution in [2.75, 3.05) is 6.61 Å². The van der Waals surface area contributed by atoms with E-state index in [2.05, 4.69) is 0 Å². The van der Waals surface area contributed by atoms with Gasteiger partial charge in [-0.3, -0.25) is 4.79 Å². The Bertz CT molecular complexity index is 270. The molecule has 0 aromatic rings. The monoisotopic (exact) mass is 267 g/mol. The Morgan fingerprint density at radius 3 is 1.83 bits per heavy atom. The van der Waals surface area contributed by atoms with Crippen molar-refractivity contribution in [1.29, 1.82) is 0 Å². The summed E-state index contributed by atoms with van der Waals surface area (Å²) in [7, 11) is 0. The van der Waals surface area contributed by atoms with Crippen molar-refractivity contribution in [2.24, 2.45) is 5.73 Å². The third kappa shape index (κ3) is 7.81. The molecule has 0 unspecified atom stereocenters. The van der Waals surface area contributed by atoms with Gasteiger partial charge in [-0.2, -0.15) is 0 Å². The lowest BCUT2D eigenvalue weighted by atomic mass is 10.0. The van der Waals surface area contributed by atoms with E-state index in [-0.39, 0.29) is 6.29 Å². The highest BCUT2D eigenvalue weighted by molar-refractivity contribution is 6.31. The van der Waals surface area contributed by atoms with E-state index >= 15 is 0 Å². The van der Waals surface area contributed by atoms with Crippen LogP contribution in [0.5, 0.6) is 0 Å². The smallest absolute Gasteiger partial charge is 0.371 e. The van der Waals surface area contributed by atoms with Gasteiger partial charge in [0.25, 0.3) is 0 Å². The number of hydrogen-bond donors (Lipinski definition) is 6. The molecule has 0 rings (SSSR count). The number of carboxylic acid groups (broad SMARTS) is 1. The third-order valence-corrected chi connectivity index (χ3v) is 1.78. The molecule has 0 heterocycles. The highest BCUT2D eigenvalue weighted by Gasteiger charge is 2.28. The van der Waals surface area contributed by atoms with Gasteiger partial charge in [0.2, 0.25) is 5.78 Å². The Morgan fingerprint density at radius 2 is 1.61 bits per heavy atom. The van der Waals surface area contributed by atoms with Crippen LogP contribution in [0.2, 0.25) is 0 Å². The molecule has 0 spiro atoms. The number of aliphatic carboxylic acids is 1. The molecule has 0 aliphatic heterocycles. The second-order valence-corrected chi connectivity index (χ2v) is 3.31. The van der Waals surface area contributed by atoms with Crippen molar-refractivity contribution in [3.05, 3.63) is 0 Å². The minimum Gasteiger partial charge on any atom is -0.476 e. The molecule has 0 aromatic heterocycles. The Balaban J connectivity index is 0. The molecule has 4 atom stereocenters. The third-order valence-electron chi connectivity index (χ3n) is 1.78. The number of carbonyl (C=O) groups is 3. The number of aliphatic hydroxyl groups is 4. The van der Waals surface area contributed by atoms with Crippen LogP contribution in [-0.2, 0) is 14.4 Å². The van der Waals surface area contributed by atoms with Crippen LogP contribution in [0.25, 0.3) is 0 Å². The van der Waals surface area contributed by atoms with E-state index < -0.39 is 42.7 Å². The first kappa shape index (κ1) is 19.0. The number of hydrogen-bond acceptors (Lipinski definition) is 8. The lowest BCUT2D eigenvalue weighted by Crippen LogP contribution is -2.49. The lowest BCUT2D eigenvalue weighted by Gasteiger charge is -2.23. The summed E-state index contributed by atoms with van der Waals surface area (Å²) in [6.07, 6.45) is -4.43. The van der Waals surface area contributed by atoms with E-state index in [1.54, 1.807) is 0 Å². The fourth-order valence-corrected chi connectivity index (χ4v) is 0.644. The number of Topliss-reactive ketones (excluding diaryl/α,β-unsaturated/α-hetero) is 1. The van der Waals surface area contributed by atoms with Gasteiger partial charge < -0.3 is 36.1 Å². The number of rotatable bonds is 6. The first-order chi connectivity index (χ1) is 8.18. The predicted molar refractivity (Wildman–Crippen MR) is 57.5 cm³/mol. The summed E-state index contributed by atoms with van der Waals surface area (Å²) in [4.78, 5) is 28.9. The fourth-order valence-electron chi connectivity index (χ4n) is 0.644. The summed E-state index contributed by atoms with van der Waals surface area (Å²) in [5.74, 6) is -2.20. The van der Waals surface area contributed by atoms with E-state index in [1.165, 1.54) is 0 Å². The minimum atomic E-state index is -1.62. The highest BCUT2D eigenvalue weighted by atomic mass is 16.4. The number of ketones is 1. The Kier molecular flexibility index (Phi) is 10.1. The molecule has 0 radical (unpaired) electrons. The fraction of sp³-hybridized carbons (Fsp3) is 0.667. The molecule has 106 valence electrons. The lowest BCUT2D eigenvalue weighted by molar-refractivity contribution is -0.148. The second kappa shape index (κ2) is 9.62. The highest BCUT2D eigenvalue weighted by Crippen LogP contribution is 2.01. The zero-order chi connectivity index (χ0) is 14.9. The van der Waals surface area contributed by atoms with E-state index in [0.717, 1.165) is 6.92 Å². The summed E-state index contributed by atoms with van der Waals surface area (Å²) < 4.78 is 0. The van der Waals surface area contributed by atoms with Crippen LogP contribution in [0.4, 0.5) is 0 Å². The molecule has 9 nitrogen and oxygen atoms in total. The minimum absolute atomic E-state index is 0.248. The van der Waals surface area contributed by atoms with Crippen LogP contribution < -0.4 is 5.73 Å². The van der Waals surface area contributed by atoms with Crippen molar-refractivity contribution >= 4 is 18.0 Å². The van der Waals surface area contributed by atoms with E-state index in [0.29, 0.717) is 0 Å². The van der Waals surface area contributed by atoms with Crippen LogP contribution in [0, 0.1) is 0 Å². The maximum absolute atomic E-state index is 10.0. The van der Waals surface area contributed by atoms with E-state index in [9.17, 15) is 14.4 Å². The molecule has 0 saturated heterocycles. The van der Waals surface area contributed by atoms with Gasteiger partial charge in [0.15, 0.2) is 0 Å². The van der Waals surface area contributed by atoms with Gasteiger partial charge in [-0.05, 0) is 0 Å². The molecule has 0 saturated carbocycles. The molecule has 18 heavy (non-hydrogen) atoms. The summed E-state index contributed by atoms with van der Waals surface area (Å²) in [5.41, 5.74) is 5.04. The largest absolute Gasteiger partial charge is 0.476 e. The molecule has 0 aliphatic rings. The summed E-state index contributed by atoms with van der Waals surface area (Å²) in [6.45, 7) is 0.298. The average molecular weight is 267 g/mol.